The number of rotatable bonds is 2. The minimum absolute atomic E-state index is 0.408. The lowest BCUT2D eigenvalue weighted by Gasteiger charge is -2.00. The minimum atomic E-state index is -0.564. The lowest BCUT2D eigenvalue weighted by molar-refractivity contribution is 0.580. The van der Waals surface area contributed by atoms with Crippen LogP contribution in [0, 0.1) is 5.95 Å². The summed E-state index contributed by atoms with van der Waals surface area (Å²) in [4.78, 5) is 7.19. The van der Waals surface area contributed by atoms with E-state index < -0.39 is 5.95 Å². The Bertz CT molecular complexity index is 439. The summed E-state index contributed by atoms with van der Waals surface area (Å²) in [5.74, 6) is -0.156. The van der Waals surface area contributed by atoms with Crippen molar-refractivity contribution in [3.8, 4) is 0 Å². The topological polar surface area (TPSA) is 55.6 Å². The number of nitrogens with one attached hydrogen (secondary N) is 1. The van der Waals surface area contributed by atoms with Gasteiger partial charge >= 0.3 is 0 Å². The summed E-state index contributed by atoms with van der Waals surface area (Å²) in [5.41, 5.74) is 0.755. The van der Waals surface area contributed by atoms with Gasteiger partial charge in [0.05, 0.1) is 11.9 Å². The van der Waals surface area contributed by atoms with Crippen molar-refractivity contribution >= 4 is 11.5 Å². The molecule has 0 aliphatic rings. The van der Waals surface area contributed by atoms with Crippen molar-refractivity contribution in [1.29, 1.82) is 0 Å². The Hall–Kier alpha value is -1.98. The van der Waals surface area contributed by atoms with Crippen molar-refractivity contribution in [2.45, 2.75) is 0 Å². The molecule has 5 nitrogen and oxygen atoms in total. The molecule has 6 heteroatoms. The molecule has 0 spiro atoms. The first-order valence-corrected chi connectivity index (χ1v) is 3.97. The Morgan fingerprint density at radius 3 is 2.93 bits per heavy atom. The molecular weight excluding hydrogens is 185 g/mol. The molecule has 0 saturated carbocycles. The molecule has 0 aliphatic heterocycles. The first-order valence-electron chi connectivity index (χ1n) is 3.97. The number of halogens is 1. The van der Waals surface area contributed by atoms with Gasteiger partial charge in [0, 0.05) is 19.3 Å². The average molecular weight is 193 g/mol. The molecular formula is C8H8FN5. The Kier molecular flexibility index (Phi) is 2.10. The van der Waals surface area contributed by atoms with E-state index in [0.717, 1.165) is 12.0 Å². The number of hydrogen-bond acceptors (Lipinski definition) is 4. The highest BCUT2D eigenvalue weighted by atomic mass is 19.1. The summed E-state index contributed by atoms with van der Waals surface area (Å²) in [6.07, 6.45) is 4.55. The van der Waals surface area contributed by atoms with E-state index >= 15 is 0 Å². The summed E-state index contributed by atoms with van der Waals surface area (Å²) in [6.45, 7) is 0. The molecule has 2 aromatic rings. The predicted octanol–water partition coefficient (Wildman–Crippen LogP) is 1.09. The average Bonchev–Trinajstić information content (AvgIpc) is 2.51. The van der Waals surface area contributed by atoms with E-state index in [1.807, 2.05) is 0 Å². The molecule has 0 amide bonds. The molecule has 1 N–H and O–H groups in total. The number of nitrogens with zero attached hydrogens (tertiary/aromatic N) is 4. The maximum Gasteiger partial charge on any atom is 0.218 e. The Balaban J connectivity index is 2.18. The number of hydrogen-bond donors (Lipinski definition) is 1. The number of anilines is 2. The van der Waals surface area contributed by atoms with E-state index in [0.29, 0.717) is 5.82 Å². The van der Waals surface area contributed by atoms with Gasteiger partial charge < -0.3 is 5.32 Å². The fourth-order valence-electron chi connectivity index (χ4n) is 1.04. The molecule has 0 unspecified atom stereocenters. The van der Waals surface area contributed by atoms with Gasteiger partial charge in [-0.1, -0.05) is 0 Å². The van der Waals surface area contributed by atoms with Crippen LogP contribution in [0.1, 0.15) is 0 Å². The van der Waals surface area contributed by atoms with Crippen molar-refractivity contribution < 1.29 is 4.39 Å². The normalized spacial score (nSPS) is 10.1. The van der Waals surface area contributed by atoms with Crippen molar-refractivity contribution in [3.63, 3.8) is 0 Å². The zero-order valence-corrected chi connectivity index (χ0v) is 7.48. The molecule has 0 bridgehead atoms. The van der Waals surface area contributed by atoms with Crippen LogP contribution < -0.4 is 5.32 Å². The summed E-state index contributed by atoms with van der Waals surface area (Å²) in [6, 6.07) is 1.22. The zero-order valence-electron chi connectivity index (χ0n) is 7.48. The van der Waals surface area contributed by atoms with Gasteiger partial charge in [0.2, 0.25) is 5.95 Å². The highest BCUT2D eigenvalue weighted by Gasteiger charge is 1.99. The van der Waals surface area contributed by atoms with E-state index in [4.69, 9.17) is 0 Å². The third-order valence-corrected chi connectivity index (χ3v) is 1.61. The summed E-state index contributed by atoms with van der Waals surface area (Å²) < 4.78 is 14.3. The van der Waals surface area contributed by atoms with Gasteiger partial charge in [-0.3, -0.25) is 4.68 Å². The molecule has 0 atom stereocenters. The molecule has 2 heterocycles. The smallest absolute Gasteiger partial charge is 0.218 e. The monoisotopic (exact) mass is 193 g/mol. The standard InChI is InChI=1S/C8H8FN5/c1-14-4-6(3-12-14)13-8-2-7(9)10-5-11-8/h2-5H,1H3,(H,10,11,13). The molecule has 0 radical (unpaired) electrons. The second-order valence-corrected chi connectivity index (χ2v) is 2.75. The van der Waals surface area contributed by atoms with E-state index in [-0.39, 0.29) is 0 Å². The van der Waals surface area contributed by atoms with Crippen LogP contribution in [0.15, 0.2) is 24.8 Å². The lowest BCUT2D eigenvalue weighted by atomic mass is 10.5. The fraction of sp³-hybridized carbons (Fsp3) is 0.125. The molecule has 72 valence electrons. The first-order chi connectivity index (χ1) is 6.74. The molecule has 0 aliphatic carbocycles. The number of aromatic nitrogens is 4. The second-order valence-electron chi connectivity index (χ2n) is 2.75. The third kappa shape index (κ3) is 1.85. The van der Waals surface area contributed by atoms with Crippen molar-refractivity contribution in [1.82, 2.24) is 19.7 Å². The Morgan fingerprint density at radius 2 is 2.29 bits per heavy atom. The van der Waals surface area contributed by atoms with E-state index in [1.54, 1.807) is 24.1 Å². The highest BCUT2D eigenvalue weighted by Crippen LogP contribution is 2.12. The van der Waals surface area contributed by atoms with Crippen LogP contribution in [0.5, 0.6) is 0 Å². The minimum Gasteiger partial charge on any atom is -0.337 e. The maximum absolute atomic E-state index is 12.7. The van der Waals surface area contributed by atoms with Crippen LogP contribution in [0.3, 0.4) is 0 Å². The van der Waals surface area contributed by atoms with E-state index in [1.165, 1.54) is 6.07 Å². The summed E-state index contributed by atoms with van der Waals surface area (Å²) in [7, 11) is 1.80. The molecule has 0 saturated heterocycles. The fourth-order valence-corrected chi connectivity index (χ4v) is 1.04. The van der Waals surface area contributed by atoms with Gasteiger partial charge in [0.25, 0.3) is 0 Å². The largest absolute Gasteiger partial charge is 0.337 e. The molecule has 0 fully saturated rings. The Labute approximate surface area is 79.6 Å². The van der Waals surface area contributed by atoms with Crippen LogP contribution in [-0.2, 0) is 7.05 Å². The SMILES string of the molecule is Cn1cc(Nc2cc(F)ncn2)cn1. The summed E-state index contributed by atoms with van der Waals surface area (Å²) in [5, 5.41) is 6.84. The van der Waals surface area contributed by atoms with Crippen molar-refractivity contribution in [2.75, 3.05) is 5.32 Å². The molecule has 2 aromatic heterocycles. The van der Waals surface area contributed by atoms with E-state index in [9.17, 15) is 4.39 Å². The van der Waals surface area contributed by atoms with Gasteiger partial charge in [0.15, 0.2) is 0 Å². The van der Waals surface area contributed by atoms with Gasteiger partial charge in [0.1, 0.15) is 12.1 Å². The number of aryl methyl sites for hydroxylation is 1. The molecule has 14 heavy (non-hydrogen) atoms. The van der Waals surface area contributed by atoms with Gasteiger partial charge in [-0.05, 0) is 0 Å². The molecule has 0 aromatic carbocycles. The molecule has 2 rings (SSSR count). The zero-order chi connectivity index (χ0) is 9.97. The van der Waals surface area contributed by atoms with Crippen LogP contribution >= 0.6 is 0 Å². The third-order valence-electron chi connectivity index (χ3n) is 1.61. The van der Waals surface area contributed by atoms with Crippen molar-refractivity contribution in [2.24, 2.45) is 7.05 Å². The summed E-state index contributed by atoms with van der Waals surface area (Å²) >= 11 is 0. The van der Waals surface area contributed by atoms with Gasteiger partial charge in [-0.25, -0.2) is 9.97 Å². The van der Waals surface area contributed by atoms with Gasteiger partial charge in [-0.15, -0.1) is 0 Å². The highest BCUT2D eigenvalue weighted by molar-refractivity contribution is 5.52. The van der Waals surface area contributed by atoms with Crippen LogP contribution in [-0.4, -0.2) is 19.7 Å². The quantitative estimate of drug-likeness (QED) is 0.725. The van der Waals surface area contributed by atoms with E-state index in [2.05, 4.69) is 20.4 Å². The van der Waals surface area contributed by atoms with Crippen molar-refractivity contribution in [3.05, 3.63) is 30.7 Å². The Morgan fingerprint density at radius 1 is 1.43 bits per heavy atom. The lowest BCUT2D eigenvalue weighted by Crippen LogP contribution is -1.94. The first kappa shape index (κ1) is 8.61. The maximum atomic E-state index is 12.7. The predicted molar refractivity (Wildman–Crippen MR) is 48.5 cm³/mol. The van der Waals surface area contributed by atoms with Crippen LogP contribution in [0.2, 0.25) is 0 Å². The van der Waals surface area contributed by atoms with Crippen LogP contribution in [0.4, 0.5) is 15.9 Å². The second kappa shape index (κ2) is 3.41. The van der Waals surface area contributed by atoms with Crippen LogP contribution in [0.25, 0.3) is 0 Å². The van der Waals surface area contributed by atoms with Gasteiger partial charge in [-0.2, -0.15) is 9.49 Å².